The standard InChI is InChI=1S/C17H32N2/c1-8-15(5,9-2)14-12-19-17(7,13-18-14)16(6,10-3)11-4/h12H,8-11,13H2,1-7H3. The molecule has 0 amide bonds. The molecule has 0 radical (unpaired) electrons. The molecule has 2 heteroatoms. The Balaban J connectivity index is 2.99. The van der Waals surface area contributed by atoms with Crippen molar-refractivity contribution in [2.24, 2.45) is 20.8 Å². The molecule has 0 bridgehead atoms. The topological polar surface area (TPSA) is 24.7 Å². The highest BCUT2D eigenvalue weighted by atomic mass is 15.0. The fraction of sp³-hybridized carbons (Fsp3) is 0.882. The van der Waals surface area contributed by atoms with Crippen LogP contribution in [0.4, 0.5) is 0 Å². The highest BCUT2D eigenvalue weighted by Gasteiger charge is 2.43. The lowest BCUT2D eigenvalue weighted by molar-refractivity contribution is 0.152. The first-order chi connectivity index (χ1) is 8.80. The van der Waals surface area contributed by atoms with E-state index in [-0.39, 0.29) is 16.4 Å². The molecule has 0 N–H and O–H groups in total. The molecule has 0 aromatic rings. The molecule has 19 heavy (non-hydrogen) atoms. The first-order valence-corrected chi connectivity index (χ1v) is 7.91. The summed E-state index contributed by atoms with van der Waals surface area (Å²) in [5.41, 5.74) is 1.60. The van der Waals surface area contributed by atoms with Crippen LogP contribution in [-0.4, -0.2) is 24.0 Å². The van der Waals surface area contributed by atoms with Gasteiger partial charge in [0.15, 0.2) is 0 Å². The second kappa shape index (κ2) is 5.76. The molecule has 0 saturated carbocycles. The molecule has 1 unspecified atom stereocenters. The Morgan fingerprint density at radius 2 is 1.58 bits per heavy atom. The van der Waals surface area contributed by atoms with Gasteiger partial charge in [-0.25, -0.2) is 0 Å². The summed E-state index contributed by atoms with van der Waals surface area (Å²) >= 11 is 0. The number of hydrogen-bond acceptors (Lipinski definition) is 2. The van der Waals surface area contributed by atoms with Crippen LogP contribution in [0.5, 0.6) is 0 Å². The molecule has 0 fully saturated rings. The van der Waals surface area contributed by atoms with E-state index in [0.717, 1.165) is 32.2 Å². The summed E-state index contributed by atoms with van der Waals surface area (Å²) in [5, 5.41) is 0. The Morgan fingerprint density at radius 1 is 1.05 bits per heavy atom. The monoisotopic (exact) mass is 264 g/mol. The molecule has 0 saturated heterocycles. The molecule has 2 nitrogen and oxygen atoms in total. The zero-order valence-corrected chi connectivity index (χ0v) is 14.0. The lowest BCUT2D eigenvalue weighted by Gasteiger charge is -2.44. The first kappa shape index (κ1) is 16.4. The number of nitrogens with zero attached hydrogens (tertiary/aromatic N) is 2. The van der Waals surface area contributed by atoms with Gasteiger partial charge in [0, 0.05) is 11.6 Å². The zero-order chi connectivity index (χ0) is 14.7. The van der Waals surface area contributed by atoms with Crippen molar-refractivity contribution in [2.75, 3.05) is 6.54 Å². The maximum Gasteiger partial charge on any atom is 0.0828 e. The van der Waals surface area contributed by atoms with Crippen LogP contribution in [0.3, 0.4) is 0 Å². The van der Waals surface area contributed by atoms with Crippen molar-refractivity contribution in [3.63, 3.8) is 0 Å². The third-order valence-electron chi connectivity index (χ3n) is 6.07. The molecule has 1 atom stereocenters. The van der Waals surface area contributed by atoms with Crippen LogP contribution in [0.25, 0.3) is 0 Å². The minimum Gasteiger partial charge on any atom is -0.285 e. The maximum absolute atomic E-state index is 4.96. The van der Waals surface area contributed by atoms with Crippen LogP contribution in [0, 0.1) is 10.8 Å². The molecule has 110 valence electrons. The van der Waals surface area contributed by atoms with Crippen LogP contribution in [-0.2, 0) is 0 Å². The van der Waals surface area contributed by atoms with E-state index < -0.39 is 0 Å². The van der Waals surface area contributed by atoms with Gasteiger partial charge in [0.05, 0.1) is 17.8 Å². The van der Waals surface area contributed by atoms with Gasteiger partial charge in [-0.1, -0.05) is 41.5 Å². The smallest absolute Gasteiger partial charge is 0.0828 e. The van der Waals surface area contributed by atoms with E-state index in [9.17, 15) is 0 Å². The van der Waals surface area contributed by atoms with E-state index >= 15 is 0 Å². The molecular weight excluding hydrogens is 232 g/mol. The Kier molecular flexibility index (Phi) is 4.97. The zero-order valence-electron chi connectivity index (χ0n) is 14.0. The Bertz CT molecular complexity index is 359. The van der Waals surface area contributed by atoms with Crippen LogP contribution in [0.15, 0.2) is 9.98 Å². The van der Waals surface area contributed by atoms with Gasteiger partial charge in [0.2, 0.25) is 0 Å². The average molecular weight is 264 g/mol. The first-order valence-electron chi connectivity index (χ1n) is 7.91. The molecule has 1 aliphatic heterocycles. The van der Waals surface area contributed by atoms with Crippen molar-refractivity contribution in [1.82, 2.24) is 0 Å². The summed E-state index contributed by atoms with van der Waals surface area (Å²) in [4.78, 5) is 9.89. The third kappa shape index (κ3) is 2.78. The van der Waals surface area contributed by atoms with Crippen molar-refractivity contribution in [3.05, 3.63) is 0 Å². The summed E-state index contributed by atoms with van der Waals surface area (Å²) in [6, 6.07) is 0. The van der Waals surface area contributed by atoms with Gasteiger partial charge in [0.1, 0.15) is 0 Å². The third-order valence-corrected chi connectivity index (χ3v) is 6.07. The van der Waals surface area contributed by atoms with Crippen LogP contribution < -0.4 is 0 Å². The van der Waals surface area contributed by atoms with Gasteiger partial charge in [-0.3, -0.25) is 9.98 Å². The maximum atomic E-state index is 4.96. The van der Waals surface area contributed by atoms with Gasteiger partial charge in [-0.05, 0) is 38.0 Å². The second-order valence-corrected chi connectivity index (χ2v) is 6.77. The predicted octanol–water partition coefficient (Wildman–Crippen LogP) is 4.92. The highest BCUT2D eigenvalue weighted by molar-refractivity contribution is 6.33. The van der Waals surface area contributed by atoms with E-state index in [0.29, 0.717) is 0 Å². The summed E-state index contributed by atoms with van der Waals surface area (Å²) in [6.45, 7) is 16.8. The summed E-state index contributed by atoms with van der Waals surface area (Å²) in [7, 11) is 0. The number of aliphatic imine (C=N–C) groups is 2. The molecule has 1 rings (SSSR count). The van der Waals surface area contributed by atoms with Crippen molar-refractivity contribution in [3.8, 4) is 0 Å². The molecule has 0 aliphatic carbocycles. The number of hydrogen-bond donors (Lipinski definition) is 0. The highest BCUT2D eigenvalue weighted by Crippen LogP contribution is 2.42. The lowest BCUT2D eigenvalue weighted by Crippen LogP contribution is -2.47. The molecule has 0 aromatic carbocycles. The van der Waals surface area contributed by atoms with E-state index in [1.165, 1.54) is 5.71 Å². The van der Waals surface area contributed by atoms with E-state index in [1.807, 2.05) is 0 Å². The average Bonchev–Trinajstić information content (AvgIpc) is 2.46. The van der Waals surface area contributed by atoms with E-state index in [2.05, 4.69) is 54.7 Å². The van der Waals surface area contributed by atoms with Gasteiger partial charge in [0.25, 0.3) is 0 Å². The summed E-state index contributed by atoms with van der Waals surface area (Å²) in [5.74, 6) is 0. The summed E-state index contributed by atoms with van der Waals surface area (Å²) < 4.78 is 0. The van der Waals surface area contributed by atoms with Crippen LogP contribution in [0.1, 0.15) is 74.1 Å². The largest absolute Gasteiger partial charge is 0.285 e. The SMILES string of the molecule is CCC(C)(CC)C1=NCC(C)(C(C)(CC)CC)N=C1. The van der Waals surface area contributed by atoms with Crippen molar-refractivity contribution in [2.45, 2.75) is 79.7 Å². The molecule has 0 aromatic heterocycles. The fourth-order valence-corrected chi connectivity index (χ4v) is 2.84. The Labute approximate surface area is 119 Å². The Hall–Kier alpha value is -0.660. The van der Waals surface area contributed by atoms with Crippen molar-refractivity contribution < 1.29 is 0 Å². The van der Waals surface area contributed by atoms with Gasteiger partial charge >= 0.3 is 0 Å². The number of rotatable bonds is 6. The van der Waals surface area contributed by atoms with Crippen molar-refractivity contribution >= 4 is 11.9 Å². The van der Waals surface area contributed by atoms with Gasteiger partial charge < -0.3 is 0 Å². The van der Waals surface area contributed by atoms with Crippen LogP contribution >= 0.6 is 0 Å². The molecule has 1 heterocycles. The molecule has 1 aliphatic rings. The minimum atomic E-state index is -0.0393. The lowest BCUT2D eigenvalue weighted by atomic mass is 9.67. The molecular formula is C17H32N2. The predicted molar refractivity (Wildman–Crippen MR) is 86.6 cm³/mol. The quantitative estimate of drug-likeness (QED) is 0.650. The van der Waals surface area contributed by atoms with Crippen LogP contribution in [0.2, 0.25) is 0 Å². The fourth-order valence-electron chi connectivity index (χ4n) is 2.84. The van der Waals surface area contributed by atoms with Gasteiger partial charge in [-0.15, -0.1) is 0 Å². The second-order valence-electron chi connectivity index (χ2n) is 6.77. The summed E-state index contributed by atoms with van der Waals surface area (Å²) in [6.07, 6.45) is 6.63. The minimum absolute atomic E-state index is 0.0393. The van der Waals surface area contributed by atoms with Gasteiger partial charge in [-0.2, -0.15) is 0 Å². The van der Waals surface area contributed by atoms with Crippen molar-refractivity contribution in [1.29, 1.82) is 0 Å². The normalized spacial score (nSPS) is 24.5. The molecule has 0 spiro atoms. The Morgan fingerprint density at radius 3 is 1.89 bits per heavy atom. The van der Waals surface area contributed by atoms with E-state index in [1.54, 1.807) is 0 Å². The van der Waals surface area contributed by atoms with E-state index in [4.69, 9.17) is 9.98 Å².